The van der Waals surface area contributed by atoms with Gasteiger partial charge in [0, 0.05) is 6.07 Å². The molecule has 0 aromatic heterocycles. The summed E-state index contributed by atoms with van der Waals surface area (Å²) in [6.45, 7) is 1.53. The van der Waals surface area contributed by atoms with Crippen LogP contribution < -0.4 is 0 Å². The van der Waals surface area contributed by atoms with Crippen LogP contribution in [0.25, 0.3) is 0 Å². The van der Waals surface area contributed by atoms with Crippen molar-refractivity contribution in [2.75, 3.05) is 0 Å². The summed E-state index contributed by atoms with van der Waals surface area (Å²) in [5, 5.41) is 19.3. The first-order valence-electron chi connectivity index (χ1n) is 3.60. The van der Waals surface area contributed by atoms with Gasteiger partial charge in [-0.3, -0.25) is 10.1 Å². The monoisotopic (exact) mass is 201 g/mol. The van der Waals surface area contributed by atoms with Crippen LogP contribution in [0, 0.1) is 17.0 Å². The Bertz CT molecular complexity index is 351. The highest BCUT2D eigenvalue weighted by Crippen LogP contribution is 2.27. The normalized spacial score (nSPS) is 10.1. The summed E-state index contributed by atoms with van der Waals surface area (Å²) >= 11 is 5.62. The first-order valence-corrected chi connectivity index (χ1v) is 3.98. The molecule has 0 saturated carbocycles. The number of hydrogen-bond acceptors (Lipinski definition) is 3. The summed E-state index contributed by atoms with van der Waals surface area (Å²) in [6, 6.07) is 2.77. The van der Waals surface area contributed by atoms with Crippen LogP contribution in [0.3, 0.4) is 0 Å². The Morgan fingerprint density at radius 3 is 2.69 bits per heavy atom. The molecule has 4 nitrogen and oxygen atoms in total. The van der Waals surface area contributed by atoms with Gasteiger partial charge in [0.05, 0.1) is 11.5 Å². The van der Waals surface area contributed by atoms with E-state index in [2.05, 4.69) is 0 Å². The molecule has 0 fully saturated rings. The lowest BCUT2D eigenvalue weighted by molar-refractivity contribution is -0.384. The molecule has 0 heterocycles. The maximum Gasteiger partial charge on any atom is 0.288 e. The number of nitrogens with zero attached hydrogens (tertiary/aromatic N) is 1. The summed E-state index contributed by atoms with van der Waals surface area (Å²) in [5.74, 6) is 0. The molecule has 5 heteroatoms. The molecule has 0 radical (unpaired) electrons. The standard InChI is InChI=1S/C8H8ClNO3/c1-5-2-8(10(12)13)7(9)3-6(5)4-11/h2-3,11H,4H2,1H3. The molecule has 1 aromatic carbocycles. The van der Waals surface area contributed by atoms with Crippen molar-refractivity contribution >= 4 is 17.3 Å². The maximum atomic E-state index is 10.4. The number of halogens is 1. The van der Waals surface area contributed by atoms with Gasteiger partial charge in [0.25, 0.3) is 5.69 Å². The van der Waals surface area contributed by atoms with E-state index in [0.29, 0.717) is 11.1 Å². The third-order valence-electron chi connectivity index (χ3n) is 1.77. The lowest BCUT2D eigenvalue weighted by Gasteiger charge is -2.02. The van der Waals surface area contributed by atoms with Crippen LogP contribution in [0.5, 0.6) is 0 Å². The van der Waals surface area contributed by atoms with E-state index in [0.717, 1.165) is 0 Å². The lowest BCUT2D eigenvalue weighted by atomic mass is 10.1. The number of rotatable bonds is 2. The van der Waals surface area contributed by atoms with Crippen LogP contribution in [0.2, 0.25) is 5.02 Å². The van der Waals surface area contributed by atoms with Gasteiger partial charge < -0.3 is 5.11 Å². The van der Waals surface area contributed by atoms with Crippen molar-refractivity contribution in [2.24, 2.45) is 0 Å². The molecule has 0 saturated heterocycles. The first-order chi connectivity index (χ1) is 6.06. The Morgan fingerprint density at radius 1 is 1.62 bits per heavy atom. The Hall–Kier alpha value is -1.13. The fourth-order valence-corrected chi connectivity index (χ4v) is 1.27. The van der Waals surface area contributed by atoms with Gasteiger partial charge in [-0.2, -0.15) is 0 Å². The highest BCUT2D eigenvalue weighted by molar-refractivity contribution is 6.32. The van der Waals surface area contributed by atoms with Crippen molar-refractivity contribution in [2.45, 2.75) is 13.5 Å². The molecular weight excluding hydrogens is 194 g/mol. The molecule has 0 aliphatic carbocycles. The minimum Gasteiger partial charge on any atom is -0.392 e. The first kappa shape index (κ1) is 9.95. The summed E-state index contributed by atoms with van der Waals surface area (Å²) in [4.78, 5) is 9.89. The van der Waals surface area contributed by atoms with Gasteiger partial charge in [0.15, 0.2) is 0 Å². The van der Waals surface area contributed by atoms with Gasteiger partial charge in [-0.25, -0.2) is 0 Å². The molecule has 0 aliphatic rings. The molecular formula is C8H8ClNO3. The fourth-order valence-electron chi connectivity index (χ4n) is 1.02. The van der Waals surface area contributed by atoms with Crippen molar-refractivity contribution in [3.05, 3.63) is 38.4 Å². The molecule has 0 spiro atoms. The second-order valence-corrected chi connectivity index (χ2v) is 3.05. The number of aliphatic hydroxyl groups is 1. The predicted octanol–water partition coefficient (Wildman–Crippen LogP) is 2.05. The quantitative estimate of drug-likeness (QED) is 0.588. The number of benzene rings is 1. The smallest absolute Gasteiger partial charge is 0.288 e. The van der Waals surface area contributed by atoms with Gasteiger partial charge in [-0.05, 0) is 24.1 Å². The molecule has 1 aromatic rings. The SMILES string of the molecule is Cc1cc([N+](=O)[O-])c(Cl)cc1CO. The minimum absolute atomic E-state index is 0.0552. The molecule has 70 valence electrons. The average molecular weight is 202 g/mol. The molecule has 13 heavy (non-hydrogen) atoms. The van der Waals surface area contributed by atoms with Crippen molar-refractivity contribution in [1.29, 1.82) is 0 Å². The minimum atomic E-state index is -0.545. The van der Waals surface area contributed by atoms with E-state index in [1.54, 1.807) is 6.92 Å². The van der Waals surface area contributed by atoms with Crippen molar-refractivity contribution in [1.82, 2.24) is 0 Å². The average Bonchev–Trinajstić information content (AvgIpc) is 2.07. The van der Waals surface area contributed by atoms with Crippen molar-refractivity contribution in [3.63, 3.8) is 0 Å². The van der Waals surface area contributed by atoms with Gasteiger partial charge in [-0.1, -0.05) is 11.6 Å². The summed E-state index contributed by atoms with van der Waals surface area (Å²) in [6.07, 6.45) is 0. The third-order valence-corrected chi connectivity index (χ3v) is 2.08. The number of nitro groups is 1. The zero-order chi connectivity index (χ0) is 10.0. The fraction of sp³-hybridized carbons (Fsp3) is 0.250. The maximum absolute atomic E-state index is 10.4. The summed E-state index contributed by atoms with van der Waals surface area (Å²) in [7, 11) is 0. The van der Waals surface area contributed by atoms with E-state index in [-0.39, 0.29) is 17.3 Å². The number of hydrogen-bond donors (Lipinski definition) is 1. The Balaban J connectivity index is 3.28. The molecule has 0 bridgehead atoms. The Kier molecular flexibility index (Phi) is 2.85. The van der Waals surface area contributed by atoms with Crippen LogP contribution in [0.4, 0.5) is 5.69 Å². The topological polar surface area (TPSA) is 63.4 Å². The van der Waals surface area contributed by atoms with Crippen molar-refractivity contribution in [3.8, 4) is 0 Å². The Morgan fingerprint density at radius 2 is 2.23 bits per heavy atom. The van der Waals surface area contributed by atoms with Gasteiger partial charge in [0.1, 0.15) is 5.02 Å². The third kappa shape index (κ3) is 1.96. The highest BCUT2D eigenvalue weighted by atomic mass is 35.5. The molecule has 0 atom stereocenters. The van der Waals surface area contributed by atoms with Crippen LogP contribution in [0.15, 0.2) is 12.1 Å². The van der Waals surface area contributed by atoms with E-state index in [1.165, 1.54) is 12.1 Å². The van der Waals surface area contributed by atoms with Crippen LogP contribution in [-0.4, -0.2) is 10.0 Å². The van der Waals surface area contributed by atoms with Crippen molar-refractivity contribution < 1.29 is 10.0 Å². The highest BCUT2D eigenvalue weighted by Gasteiger charge is 2.14. The molecule has 1 N–H and O–H groups in total. The number of aryl methyl sites for hydroxylation is 1. The largest absolute Gasteiger partial charge is 0.392 e. The van der Waals surface area contributed by atoms with E-state index in [1.807, 2.05) is 0 Å². The molecule has 0 unspecified atom stereocenters. The number of nitro benzene ring substituents is 1. The van der Waals surface area contributed by atoms with Crippen LogP contribution in [0.1, 0.15) is 11.1 Å². The van der Waals surface area contributed by atoms with E-state index < -0.39 is 4.92 Å². The van der Waals surface area contributed by atoms with Crippen LogP contribution in [-0.2, 0) is 6.61 Å². The molecule has 0 amide bonds. The zero-order valence-corrected chi connectivity index (χ0v) is 7.71. The predicted molar refractivity (Wildman–Crippen MR) is 48.8 cm³/mol. The van der Waals surface area contributed by atoms with Gasteiger partial charge in [0.2, 0.25) is 0 Å². The zero-order valence-electron chi connectivity index (χ0n) is 6.95. The molecule has 0 aliphatic heterocycles. The van der Waals surface area contributed by atoms with Gasteiger partial charge >= 0.3 is 0 Å². The summed E-state index contributed by atoms with van der Waals surface area (Å²) < 4.78 is 0. The van der Waals surface area contributed by atoms with E-state index >= 15 is 0 Å². The lowest BCUT2D eigenvalue weighted by Crippen LogP contribution is -1.94. The van der Waals surface area contributed by atoms with Gasteiger partial charge in [-0.15, -0.1) is 0 Å². The molecule has 1 rings (SSSR count). The van der Waals surface area contributed by atoms with E-state index in [9.17, 15) is 10.1 Å². The second kappa shape index (κ2) is 3.72. The number of aliphatic hydroxyl groups excluding tert-OH is 1. The second-order valence-electron chi connectivity index (χ2n) is 2.65. The summed E-state index contributed by atoms with van der Waals surface area (Å²) in [5.41, 5.74) is 1.14. The van der Waals surface area contributed by atoms with Crippen LogP contribution >= 0.6 is 11.6 Å². The Labute approximate surface area is 79.9 Å². The van der Waals surface area contributed by atoms with E-state index in [4.69, 9.17) is 16.7 Å².